The molecule has 0 bridgehead atoms. The molecule has 0 saturated heterocycles. The highest BCUT2D eigenvalue weighted by atomic mass is 19.4. The molecule has 5 heteroatoms. The standard InChI is InChI=1S/C12H12F3NO/c1-8-11(2,17-7-12(13,14)15)9-5-3-4-6-10(9)16-8/h3-6H,7H2,1-2H3. The predicted octanol–water partition coefficient (Wildman–Crippen LogP) is 3.59. The Labute approximate surface area is 97.1 Å². The van der Waals surface area contributed by atoms with E-state index >= 15 is 0 Å². The lowest BCUT2D eigenvalue weighted by atomic mass is 9.93. The number of ether oxygens (including phenoxy) is 1. The molecule has 92 valence electrons. The Morgan fingerprint density at radius 1 is 1.29 bits per heavy atom. The van der Waals surface area contributed by atoms with Crippen molar-refractivity contribution in [2.24, 2.45) is 4.99 Å². The van der Waals surface area contributed by atoms with Gasteiger partial charge in [-0.2, -0.15) is 13.2 Å². The van der Waals surface area contributed by atoms with Gasteiger partial charge in [-0.25, -0.2) is 0 Å². The van der Waals surface area contributed by atoms with E-state index in [-0.39, 0.29) is 0 Å². The van der Waals surface area contributed by atoms with Crippen LogP contribution in [-0.4, -0.2) is 18.5 Å². The van der Waals surface area contributed by atoms with Crippen LogP contribution < -0.4 is 0 Å². The van der Waals surface area contributed by atoms with Crippen molar-refractivity contribution >= 4 is 11.4 Å². The van der Waals surface area contributed by atoms with Crippen LogP contribution >= 0.6 is 0 Å². The molecule has 0 saturated carbocycles. The van der Waals surface area contributed by atoms with Crippen molar-refractivity contribution in [3.63, 3.8) is 0 Å². The van der Waals surface area contributed by atoms with Crippen molar-refractivity contribution < 1.29 is 17.9 Å². The van der Waals surface area contributed by atoms with E-state index in [0.717, 1.165) is 0 Å². The fourth-order valence-electron chi connectivity index (χ4n) is 1.87. The number of nitrogens with zero attached hydrogens (tertiary/aromatic N) is 1. The van der Waals surface area contributed by atoms with Gasteiger partial charge in [0.05, 0.1) is 11.4 Å². The second-order valence-electron chi connectivity index (χ2n) is 4.15. The molecule has 0 fully saturated rings. The molecule has 1 atom stereocenters. The number of aliphatic imine (C=N–C) groups is 1. The molecule has 0 aliphatic carbocycles. The third-order valence-electron chi connectivity index (χ3n) is 2.92. The Morgan fingerprint density at radius 2 is 1.94 bits per heavy atom. The van der Waals surface area contributed by atoms with E-state index in [9.17, 15) is 13.2 Å². The molecule has 0 aromatic heterocycles. The van der Waals surface area contributed by atoms with Crippen molar-refractivity contribution in [2.45, 2.75) is 25.6 Å². The summed E-state index contributed by atoms with van der Waals surface area (Å²) < 4.78 is 41.7. The fourth-order valence-corrected chi connectivity index (χ4v) is 1.87. The van der Waals surface area contributed by atoms with E-state index in [2.05, 4.69) is 4.99 Å². The fraction of sp³-hybridized carbons (Fsp3) is 0.417. The topological polar surface area (TPSA) is 21.6 Å². The van der Waals surface area contributed by atoms with E-state index in [0.29, 0.717) is 17.0 Å². The Hall–Kier alpha value is -1.36. The van der Waals surface area contributed by atoms with Crippen LogP contribution in [0.15, 0.2) is 29.3 Å². The molecule has 1 aliphatic heterocycles. The summed E-state index contributed by atoms with van der Waals surface area (Å²) in [6.45, 7) is 2.02. The first-order valence-electron chi connectivity index (χ1n) is 5.19. The molecule has 1 unspecified atom stereocenters. The molecule has 2 rings (SSSR count). The average Bonchev–Trinajstić information content (AvgIpc) is 2.49. The van der Waals surface area contributed by atoms with E-state index in [1.54, 1.807) is 38.1 Å². The van der Waals surface area contributed by atoms with Crippen LogP contribution in [0.3, 0.4) is 0 Å². The summed E-state index contributed by atoms with van der Waals surface area (Å²) in [6, 6.07) is 7.07. The molecule has 0 radical (unpaired) electrons. The molecule has 0 N–H and O–H groups in total. The van der Waals surface area contributed by atoms with Gasteiger partial charge in [0.15, 0.2) is 0 Å². The predicted molar refractivity (Wildman–Crippen MR) is 58.6 cm³/mol. The minimum atomic E-state index is -4.33. The molecule has 17 heavy (non-hydrogen) atoms. The quantitative estimate of drug-likeness (QED) is 0.777. The van der Waals surface area contributed by atoms with Crippen LogP contribution in [0, 0.1) is 0 Å². The van der Waals surface area contributed by atoms with Crippen molar-refractivity contribution in [1.82, 2.24) is 0 Å². The smallest absolute Gasteiger partial charge is 0.355 e. The number of benzene rings is 1. The van der Waals surface area contributed by atoms with Crippen molar-refractivity contribution in [1.29, 1.82) is 0 Å². The Bertz CT molecular complexity index is 467. The molecule has 1 heterocycles. The number of hydrogen-bond donors (Lipinski definition) is 0. The van der Waals surface area contributed by atoms with Gasteiger partial charge in [0.1, 0.15) is 12.2 Å². The lowest BCUT2D eigenvalue weighted by Crippen LogP contribution is -2.35. The van der Waals surface area contributed by atoms with Crippen LogP contribution in [0.4, 0.5) is 18.9 Å². The maximum atomic E-state index is 12.2. The SMILES string of the molecule is CC1=Nc2ccccc2C1(C)OCC(F)(F)F. The van der Waals surface area contributed by atoms with E-state index < -0.39 is 18.4 Å². The minimum Gasteiger partial charge on any atom is -0.355 e. The Morgan fingerprint density at radius 3 is 2.59 bits per heavy atom. The molecule has 2 nitrogen and oxygen atoms in total. The van der Waals surface area contributed by atoms with Crippen LogP contribution in [0.1, 0.15) is 19.4 Å². The Kier molecular flexibility index (Phi) is 2.73. The number of rotatable bonds is 2. The van der Waals surface area contributed by atoms with Crippen molar-refractivity contribution in [3.05, 3.63) is 29.8 Å². The van der Waals surface area contributed by atoms with Gasteiger partial charge >= 0.3 is 6.18 Å². The van der Waals surface area contributed by atoms with Gasteiger partial charge in [-0.15, -0.1) is 0 Å². The van der Waals surface area contributed by atoms with Crippen LogP contribution in [0.25, 0.3) is 0 Å². The molecule has 0 spiro atoms. The zero-order valence-corrected chi connectivity index (χ0v) is 9.51. The van der Waals surface area contributed by atoms with Gasteiger partial charge in [-0.05, 0) is 19.9 Å². The first-order valence-corrected chi connectivity index (χ1v) is 5.19. The molecular formula is C12H12F3NO. The highest BCUT2D eigenvalue weighted by Gasteiger charge is 2.41. The maximum Gasteiger partial charge on any atom is 0.411 e. The second kappa shape index (κ2) is 3.84. The van der Waals surface area contributed by atoms with Gasteiger partial charge in [-0.1, -0.05) is 18.2 Å². The molecule has 1 aromatic carbocycles. The molecule has 1 aliphatic rings. The summed E-state index contributed by atoms with van der Waals surface area (Å²) in [5, 5.41) is 0. The number of alkyl halides is 3. The number of hydrogen-bond acceptors (Lipinski definition) is 2. The van der Waals surface area contributed by atoms with Gasteiger partial charge in [0.2, 0.25) is 0 Å². The first kappa shape index (κ1) is 12.1. The summed E-state index contributed by atoms with van der Waals surface area (Å²) in [7, 11) is 0. The van der Waals surface area contributed by atoms with Crippen LogP contribution in [0.2, 0.25) is 0 Å². The summed E-state index contributed by atoms with van der Waals surface area (Å²) in [6.07, 6.45) is -4.33. The lowest BCUT2D eigenvalue weighted by molar-refractivity contribution is -0.192. The Balaban J connectivity index is 2.29. The average molecular weight is 243 g/mol. The number of fused-ring (bicyclic) bond motifs is 1. The zero-order valence-electron chi connectivity index (χ0n) is 9.51. The molecule has 0 amide bonds. The highest BCUT2D eigenvalue weighted by Crippen LogP contribution is 2.41. The van der Waals surface area contributed by atoms with Gasteiger partial charge in [0.25, 0.3) is 0 Å². The highest BCUT2D eigenvalue weighted by molar-refractivity contribution is 5.98. The minimum absolute atomic E-state index is 0.544. The van der Waals surface area contributed by atoms with Crippen LogP contribution in [0.5, 0.6) is 0 Å². The summed E-state index contributed by atoms with van der Waals surface area (Å²) in [4.78, 5) is 4.23. The molecule has 1 aromatic rings. The second-order valence-corrected chi connectivity index (χ2v) is 4.15. The number of halogens is 3. The largest absolute Gasteiger partial charge is 0.411 e. The van der Waals surface area contributed by atoms with Crippen molar-refractivity contribution in [2.75, 3.05) is 6.61 Å². The van der Waals surface area contributed by atoms with Crippen molar-refractivity contribution in [3.8, 4) is 0 Å². The monoisotopic (exact) mass is 243 g/mol. The summed E-state index contributed by atoms with van der Waals surface area (Å²) in [5.41, 5.74) is 0.825. The number of para-hydroxylation sites is 1. The van der Waals surface area contributed by atoms with Gasteiger partial charge < -0.3 is 4.74 Å². The third kappa shape index (κ3) is 2.20. The maximum absolute atomic E-state index is 12.2. The van der Waals surface area contributed by atoms with Gasteiger partial charge in [0, 0.05) is 5.56 Å². The zero-order chi connectivity index (χ0) is 12.7. The third-order valence-corrected chi connectivity index (χ3v) is 2.92. The summed E-state index contributed by atoms with van der Waals surface area (Å²) >= 11 is 0. The molecular weight excluding hydrogens is 231 g/mol. The van der Waals surface area contributed by atoms with E-state index in [1.165, 1.54) is 0 Å². The van der Waals surface area contributed by atoms with E-state index in [4.69, 9.17) is 4.74 Å². The van der Waals surface area contributed by atoms with E-state index in [1.807, 2.05) is 0 Å². The lowest BCUT2D eigenvalue weighted by Gasteiger charge is -2.27. The van der Waals surface area contributed by atoms with Crippen LogP contribution in [-0.2, 0) is 10.3 Å². The van der Waals surface area contributed by atoms with Gasteiger partial charge in [-0.3, -0.25) is 4.99 Å². The normalized spacial score (nSPS) is 23.5. The first-order chi connectivity index (χ1) is 7.83. The summed E-state index contributed by atoms with van der Waals surface area (Å²) in [5.74, 6) is 0.